The predicted octanol–water partition coefficient (Wildman–Crippen LogP) is 22.4. The van der Waals surface area contributed by atoms with Crippen molar-refractivity contribution in [1.29, 1.82) is 5.41 Å². The molecule has 0 radical (unpaired) electrons. The molecular formula is C96H156N2O11. The van der Waals surface area contributed by atoms with Crippen molar-refractivity contribution in [3.8, 4) is 0 Å². The first-order valence-electron chi connectivity index (χ1n) is 46.1. The molecule has 13 nitrogen and oxygen atoms in total. The molecule has 0 spiro atoms. The third kappa shape index (κ3) is 15.3. The number of rotatable bonds is 17. The summed E-state index contributed by atoms with van der Waals surface area (Å²) in [5.74, 6) is 18.3. The Labute approximate surface area is 661 Å². The van der Waals surface area contributed by atoms with Crippen LogP contribution in [0.1, 0.15) is 357 Å². The van der Waals surface area contributed by atoms with Crippen LogP contribution in [0.15, 0.2) is 0 Å². The summed E-state index contributed by atoms with van der Waals surface area (Å²) in [6.45, 7) is 43.4. The van der Waals surface area contributed by atoms with Gasteiger partial charge in [0, 0.05) is 16.7 Å². The van der Waals surface area contributed by atoms with Gasteiger partial charge in [-0.3, -0.25) is 39.1 Å². The van der Waals surface area contributed by atoms with E-state index in [0.29, 0.717) is 46.9 Å². The van der Waals surface area contributed by atoms with Gasteiger partial charge >= 0.3 is 29.8 Å². The Hall–Kier alpha value is -3.51. The van der Waals surface area contributed by atoms with Crippen molar-refractivity contribution in [2.45, 2.75) is 393 Å². The molecule has 1 amide bonds. The second-order valence-corrected chi connectivity index (χ2v) is 45.4. The molecule has 1 N–H and O–H groups in total. The van der Waals surface area contributed by atoms with Gasteiger partial charge in [0.1, 0.15) is 35.9 Å². The largest absolute Gasteiger partial charge is 0.462 e. The third-order valence-corrected chi connectivity index (χ3v) is 37.0. The summed E-state index contributed by atoms with van der Waals surface area (Å²) in [5, 5.41) is 8.41. The number of hydrogen-bond acceptors (Lipinski definition) is 12. The fraction of sp³-hybridized carbons (Fsp3) is 0.927. The normalized spacial score (nSPS) is 42.1. The molecule has 18 aliphatic carbocycles. The molecule has 109 heavy (non-hydrogen) atoms. The van der Waals surface area contributed by atoms with Gasteiger partial charge < -0.3 is 23.7 Å². The molecule has 19 rings (SSSR count). The van der Waals surface area contributed by atoms with E-state index in [1.54, 1.807) is 0 Å². The molecule has 616 valence electrons. The molecule has 1 saturated heterocycles. The van der Waals surface area contributed by atoms with E-state index in [4.69, 9.17) is 29.1 Å². The number of esters is 5. The third-order valence-electron chi connectivity index (χ3n) is 37.0. The van der Waals surface area contributed by atoms with Crippen molar-refractivity contribution in [1.82, 2.24) is 4.90 Å². The van der Waals surface area contributed by atoms with Gasteiger partial charge in [-0.15, -0.1) is 0 Å². The van der Waals surface area contributed by atoms with Gasteiger partial charge in [0.25, 0.3) is 0 Å². The fourth-order valence-electron chi connectivity index (χ4n) is 27.6. The second kappa shape index (κ2) is 30.8. The summed E-state index contributed by atoms with van der Waals surface area (Å²) in [4.78, 5) is 75.8. The lowest BCUT2D eigenvalue weighted by Crippen LogP contribution is -2.68. The van der Waals surface area contributed by atoms with Gasteiger partial charge in [-0.1, -0.05) is 89.0 Å². The van der Waals surface area contributed by atoms with E-state index in [1.807, 2.05) is 102 Å². The Morgan fingerprint density at radius 3 is 1.32 bits per heavy atom. The Kier molecular flexibility index (Phi) is 23.6. The van der Waals surface area contributed by atoms with Crippen molar-refractivity contribution >= 4 is 41.6 Å². The van der Waals surface area contributed by atoms with Gasteiger partial charge in [-0.25, -0.2) is 0 Å². The van der Waals surface area contributed by atoms with Gasteiger partial charge in [0.2, 0.25) is 5.91 Å². The van der Waals surface area contributed by atoms with E-state index >= 15 is 0 Å². The molecule has 24 unspecified atom stereocenters. The average molecular weight is 1510 g/mol. The van der Waals surface area contributed by atoms with E-state index in [1.165, 1.54) is 135 Å². The molecule has 19 aliphatic rings. The van der Waals surface area contributed by atoms with Crippen LogP contribution in [0.2, 0.25) is 0 Å². The summed E-state index contributed by atoms with van der Waals surface area (Å²) < 4.78 is 29.5. The lowest BCUT2D eigenvalue weighted by Gasteiger charge is -2.56. The molecule has 1 aliphatic heterocycles. The minimum Gasteiger partial charge on any atom is -0.462 e. The Balaban J connectivity index is 0.000000115. The number of hydrogen-bond donors (Lipinski definition) is 1. The first-order chi connectivity index (χ1) is 51.1. The molecule has 13 heteroatoms. The molecule has 0 aromatic carbocycles. The van der Waals surface area contributed by atoms with E-state index in [0.717, 1.165) is 172 Å². The van der Waals surface area contributed by atoms with Gasteiger partial charge in [0.15, 0.2) is 0 Å². The zero-order valence-corrected chi connectivity index (χ0v) is 72.8. The molecule has 16 bridgehead atoms. The number of carbonyl (C=O) groups excluding carboxylic acids is 6. The highest BCUT2D eigenvalue weighted by Crippen LogP contribution is 2.70. The summed E-state index contributed by atoms with van der Waals surface area (Å²) in [7, 11) is 0. The summed E-state index contributed by atoms with van der Waals surface area (Å²) in [6.07, 6.45) is 41.3. The second-order valence-electron chi connectivity index (χ2n) is 45.4. The van der Waals surface area contributed by atoms with E-state index in [9.17, 15) is 28.8 Å². The van der Waals surface area contributed by atoms with Gasteiger partial charge in [0.05, 0.1) is 33.1 Å². The topological polar surface area (TPSA) is 176 Å². The van der Waals surface area contributed by atoms with Crippen molar-refractivity contribution in [3.05, 3.63) is 0 Å². The van der Waals surface area contributed by atoms with Gasteiger partial charge in [-0.05, 0) is 392 Å². The molecule has 19 fully saturated rings. The van der Waals surface area contributed by atoms with Crippen LogP contribution in [-0.2, 0) is 52.5 Å². The molecule has 1 heterocycles. The number of nitrogens with zero attached hydrogens (tertiary/aromatic N) is 1. The number of amidine groups is 1. The molecule has 0 aromatic heterocycles. The van der Waals surface area contributed by atoms with Crippen LogP contribution in [0.5, 0.6) is 0 Å². The molecule has 18 saturated carbocycles. The smallest absolute Gasteiger partial charge is 0.312 e. The molecule has 0 aromatic rings. The number of ether oxygens (including phenoxy) is 5. The molecular weight excluding hydrogens is 1360 g/mol. The maximum Gasteiger partial charge on any atom is 0.312 e. The minimum absolute atomic E-state index is 0.00236. The van der Waals surface area contributed by atoms with Crippen LogP contribution in [0.4, 0.5) is 0 Å². The van der Waals surface area contributed by atoms with Crippen molar-refractivity contribution in [2.75, 3.05) is 0 Å². The Morgan fingerprint density at radius 2 is 0.835 bits per heavy atom. The fourth-order valence-corrected chi connectivity index (χ4v) is 27.6. The number of carbonyl (C=O) groups is 6. The lowest BCUT2D eigenvalue weighted by atomic mass is 9.54. The Morgan fingerprint density at radius 1 is 0.385 bits per heavy atom. The summed E-state index contributed by atoms with van der Waals surface area (Å²) in [5.41, 5.74) is -1.47. The van der Waals surface area contributed by atoms with Gasteiger partial charge in [-0.2, -0.15) is 0 Å². The minimum atomic E-state index is -0.345. The van der Waals surface area contributed by atoms with E-state index < -0.39 is 0 Å². The lowest BCUT2D eigenvalue weighted by molar-refractivity contribution is -0.196. The van der Waals surface area contributed by atoms with Crippen LogP contribution in [0, 0.1) is 173 Å². The van der Waals surface area contributed by atoms with Crippen molar-refractivity contribution < 1.29 is 52.5 Å². The summed E-state index contributed by atoms with van der Waals surface area (Å²) >= 11 is 0. The predicted molar refractivity (Wildman–Crippen MR) is 431 cm³/mol. The highest BCUT2D eigenvalue weighted by Gasteiger charge is 2.70. The molecule has 24 atom stereocenters. The highest BCUT2D eigenvalue weighted by atomic mass is 16.6. The number of fused-ring (bicyclic) bond motifs is 26. The van der Waals surface area contributed by atoms with E-state index in [2.05, 4.69) is 48.5 Å². The average Bonchev–Trinajstić information content (AvgIpc) is 1.54. The monoisotopic (exact) mass is 1510 g/mol. The maximum atomic E-state index is 12.8. The highest BCUT2D eigenvalue weighted by molar-refractivity contribution is 6.06. The SMILES string of the molecule is CCC(C)(C)C(=O)N1C(=N)C2C3CC(C4CCCC43)C21.CCC(C)(C)C(=O)OC12CC3CC(CC(C3)C1)C2.CCC(C)(C)C(=O)OC1CC2CC1C1C3CCC(C3)C21.CCC(C)(C)C(=O)OC1CC2CC1C1CCCC21.CCC(C)(C)C(=O)OC1CC2CCC1(C)C2(C)C.CCC(C)(C)C(=O)OC1CC2CCC1C2. The number of nitrogens with one attached hydrogen (secondary N) is 1. The van der Waals surface area contributed by atoms with Crippen LogP contribution < -0.4 is 0 Å². The van der Waals surface area contributed by atoms with Crippen molar-refractivity contribution in [3.63, 3.8) is 0 Å². The van der Waals surface area contributed by atoms with Crippen LogP contribution >= 0.6 is 0 Å². The van der Waals surface area contributed by atoms with Crippen LogP contribution in [0.3, 0.4) is 0 Å². The zero-order chi connectivity index (χ0) is 79.0. The first-order valence-corrected chi connectivity index (χ1v) is 46.1. The quantitative estimate of drug-likeness (QED) is 0.0833. The first kappa shape index (κ1) is 83.4. The number of amides is 1. The van der Waals surface area contributed by atoms with Crippen molar-refractivity contribution in [2.24, 2.45) is 168 Å². The van der Waals surface area contributed by atoms with E-state index in [-0.39, 0.29) is 104 Å². The number of likely N-dealkylation sites (tertiary alicyclic amines) is 1. The maximum absolute atomic E-state index is 12.8. The van der Waals surface area contributed by atoms with Crippen LogP contribution in [-0.4, -0.2) is 82.5 Å². The Bertz CT molecular complexity index is 3300. The summed E-state index contributed by atoms with van der Waals surface area (Å²) in [6, 6.07) is 0.394. The zero-order valence-electron chi connectivity index (χ0n) is 72.8. The van der Waals surface area contributed by atoms with Crippen LogP contribution in [0.25, 0.3) is 0 Å². The standard InChI is InChI=1S/C18H28O2.C17H26N2O.2C16H26O2.C16H28O2.C13H22O2/c1-4-18(2,3)17(19)20-14-9-12-8-13(14)16-11-6-5-10(7-11)15(12)16;1-4-17(2,3)16(20)19-14-12-8-11(13(14)15(19)18)9-6-5-7-10(9)12;1-4-15(2,3)14(17)18-16-8-11-5-12(9-16)7-13(6-11)10-16;1-4-16(2,3)15(17)18-14-9-10-8-13(14)12-7-5-6-11(10)12;1-7-14(2,3)13(17)18-12-10-11-8-9-16(12,6)15(11,4)5;1-4-13(2,3)12(14)15-11-8-9-5-6-10(11)7-9/h10-16H,4-9H2,1-3H3;9-14,18H,4-8H2,1-3H3;11-13H,4-10H2,1-3H3;10-14H,4-9H2,1-3H3;11-12H,7-10H2,1-6H3;9-11H,4-8H2,1-3H3.